The van der Waals surface area contributed by atoms with Gasteiger partial charge in [0.15, 0.2) is 0 Å². The molecular weight excluding hydrogens is 124 g/mol. The average molecular weight is 126 g/mol. The predicted molar refractivity (Wildman–Crippen MR) is 19.6 cm³/mol. The third-order valence-electron chi connectivity index (χ3n) is 0.399. The molecule has 0 aliphatic heterocycles. The van der Waals surface area contributed by atoms with Crippen LogP contribution in [0.25, 0.3) is 0 Å². The first-order valence-corrected chi connectivity index (χ1v) is 2.52. The number of carbonyl (C=O) groups is 1. The van der Waals surface area contributed by atoms with Gasteiger partial charge in [-0.2, -0.15) is 13.2 Å². The van der Waals surface area contributed by atoms with E-state index < -0.39 is 27.1 Å². The first-order valence-electron chi connectivity index (χ1n) is 1.52. The molecule has 1 nitrogen and oxygen atoms in total. The second-order valence-electron chi connectivity index (χ2n) is 1.05. The normalized spacial score (nSPS) is 11.3. The molecule has 7 heavy (non-hydrogen) atoms. The van der Waals surface area contributed by atoms with Crippen LogP contribution in [-0.2, 0) is 4.79 Å². The fourth-order valence-electron chi connectivity index (χ4n) is 0. The van der Waals surface area contributed by atoms with Crippen molar-refractivity contribution < 1.29 is 18.0 Å². The lowest BCUT2D eigenvalue weighted by atomic mass is 10.7. The van der Waals surface area contributed by atoms with Crippen LogP contribution in [0.1, 0.15) is 0 Å². The molecule has 0 atom stereocenters. The Balaban J connectivity index is 3.79. The van der Waals surface area contributed by atoms with Gasteiger partial charge >= 0.3 is 22.5 Å². The molecule has 0 spiro atoms. The fraction of sp³-hybridized carbons (Fsp3) is 0.500. The van der Waals surface area contributed by atoms with Crippen molar-refractivity contribution in [2.75, 3.05) is 0 Å². The summed E-state index contributed by atoms with van der Waals surface area (Å²) in [7, 11) is 0. The highest BCUT2D eigenvalue weighted by molar-refractivity contribution is 6.59. The van der Waals surface area contributed by atoms with Crippen LogP contribution in [-0.4, -0.2) is 27.1 Å². The molecule has 40 valence electrons. The van der Waals surface area contributed by atoms with Gasteiger partial charge in [-0.05, 0) is 0 Å². The maximum absolute atomic E-state index is 10.9. The molecule has 5 heteroatoms. The minimum absolute atomic E-state index is 0.436. The number of rotatable bonds is 0. The molecule has 0 bridgehead atoms. The van der Waals surface area contributed by atoms with Crippen molar-refractivity contribution in [1.29, 1.82) is 0 Å². The molecule has 0 N–H and O–H groups in total. The Morgan fingerprint density at radius 1 is 1.43 bits per heavy atom. The van der Waals surface area contributed by atoms with Gasteiger partial charge in [0, 0.05) is 0 Å². The summed E-state index contributed by atoms with van der Waals surface area (Å²) < 4.78 is 31.0. The lowest BCUT2D eigenvalue weighted by Crippen LogP contribution is -2.21. The highest BCUT2D eigenvalue weighted by Gasteiger charge is 2.32. The molecule has 0 aliphatic rings. The maximum atomic E-state index is 10.9. The Bertz CT molecular complexity index is 85.4. The zero-order chi connectivity index (χ0) is 6.08. The van der Waals surface area contributed by atoms with E-state index in [4.69, 9.17) is 0 Å². The Morgan fingerprint density at radius 3 is 1.57 bits per heavy atom. The van der Waals surface area contributed by atoms with E-state index >= 15 is 0 Å². The topological polar surface area (TPSA) is 17.1 Å². The smallest absolute Gasteiger partial charge is 0.312 e. The van der Waals surface area contributed by atoms with Gasteiger partial charge in [0.25, 0.3) is 0 Å². The minimum Gasteiger partial charge on any atom is -0.312 e. The molecule has 0 unspecified atom stereocenters. The summed E-state index contributed by atoms with van der Waals surface area (Å²) in [5.74, 6) is 0. The number of hydrogen-bond donors (Lipinski definition) is 0. The third kappa shape index (κ3) is 2.66. The van der Waals surface area contributed by atoms with Crippen LogP contribution in [0.15, 0.2) is 0 Å². The van der Waals surface area contributed by atoms with Gasteiger partial charge in [0.1, 0.15) is 4.65 Å². The van der Waals surface area contributed by atoms with Crippen LogP contribution >= 0.6 is 0 Å². The molecule has 0 aliphatic carbocycles. The lowest BCUT2D eigenvalue weighted by Gasteiger charge is -1.96. The van der Waals surface area contributed by atoms with E-state index in [1.807, 2.05) is 0 Å². The summed E-state index contributed by atoms with van der Waals surface area (Å²) >= 11 is -0.436. The number of carbonyl (C=O) groups excluding carboxylic acids is 1. The Kier molecular flexibility index (Phi) is 1.85. The molecule has 0 rings (SSSR count). The zero-order valence-corrected chi connectivity index (χ0v) is 5.54. The maximum Gasteiger partial charge on any atom is 0.431 e. The monoisotopic (exact) mass is 126 g/mol. The van der Waals surface area contributed by atoms with Gasteiger partial charge in [-0.3, -0.25) is 0 Å². The van der Waals surface area contributed by atoms with Crippen LogP contribution in [0.5, 0.6) is 0 Å². The third-order valence-corrected chi connectivity index (χ3v) is 0.966. The average Bonchev–Trinajstić information content (AvgIpc) is 1.31. The van der Waals surface area contributed by atoms with Crippen molar-refractivity contribution >= 4 is 20.9 Å². The molecule has 0 fully saturated rings. The highest BCUT2D eigenvalue weighted by Crippen LogP contribution is 2.12. The fourth-order valence-corrected chi connectivity index (χ4v) is 0. The van der Waals surface area contributed by atoms with Crippen molar-refractivity contribution in [2.24, 2.45) is 0 Å². The van der Waals surface area contributed by atoms with Gasteiger partial charge in [-0.25, -0.2) is 0 Å². The summed E-state index contributed by atoms with van der Waals surface area (Å²) in [5, 5.41) is 0. The van der Waals surface area contributed by atoms with Gasteiger partial charge in [0.2, 0.25) is 0 Å². The predicted octanol–water partition coefficient (Wildman–Crippen LogP) is -0.292. The standard InChI is InChI=1S/C2F3O.Al.2H/c3-2(4,5)1-6;;;. The SMILES string of the molecule is O=[C]([AlH2])C(F)(F)F. The van der Waals surface area contributed by atoms with Crippen molar-refractivity contribution in [3.8, 4) is 0 Å². The molecule has 0 aromatic carbocycles. The van der Waals surface area contributed by atoms with E-state index in [0.29, 0.717) is 0 Å². The summed E-state index contributed by atoms with van der Waals surface area (Å²) in [5.41, 5.74) is 0. The molecule has 0 radical (unpaired) electrons. The van der Waals surface area contributed by atoms with E-state index in [9.17, 15) is 18.0 Å². The van der Waals surface area contributed by atoms with E-state index in [-0.39, 0.29) is 0 Å². The first kappa shape index (κ1) is 6.99. The molecule has 0 saturated heterocycles. The van der Waals surface area contributed by atoms with Crippen molar-refractivity contribution in [1.82, 2.24) is 0 Å². The van der Waals surface area contributed by atoms with Gasteiger partial charge < -0.3 is 4.79 Å². The Morgan fingerprint density at radius 2 is 1.57 bits per heavy atom. The van der Waals surface area contributed by atoms with Gasteiger partial charge in [-0.1, -0.05) is 0 Å². The summed E-state index contributed by atoms with van der Waals surface area (Å²) in [6.07, 6.45) is -4.58. The zero-order valence-electron chi connectivity index (χ0n) is 3.54. The molecule has 0 aromatic rings. The quantitative estimate of drug-likeness (QED) is 0.407. The van der Waals surface area contributed by atoms with Crippen LogP contribution in [0.4, 0.5) is 13.2 Å². The van der Waals surface area contributed by atoms with Crippen molar-refractivity contribution in [3.63, 3.8) is 0 Å². The van der Waals surface area contributed by atoms with Crippen LogP contribution in [0, 0.1) is 0 Å². The highest BCUT2D eigenvalue weighted by atomic mass is 27.0. The van der Waals surface area contributed by atoms with Crippen LogP contribution < -0.4 is 0 Å². The number of hydrogen-bond acceptors (Lipinski definition) is 1. The molecular formula is C2H2AlF3O. The molecule has 0 heterocycles. The largest absolute Gasteiger partial charge is 0.431 e. The lowest BCUT2D eigenvalue weighted by molar-refractivity contribution is -0.161. The number of halogens is 3. The first-order chi connectivity index (χ1) is 2.94. The van der Waals surface area contributed by atoms with E-state index in [1.165, 1.54) is 0 Å². The minimum atomic E-state index is -4.58. The van der Waals surface area contributed by atoms with E-state index in [2.05, 4.69) is 0 Å². The molecule has 0 aromatic heterocycles. The summed E-state index contributed by atoms with van der Waals surface area (Å²) in [4.78, 5) is 9.40. The van der Waals surface area contributed by atoms with Crippen molar-refractivity contribution in [2.45, 2.75) is 6.18 Å². The molecule has 0 saturated carbocycles. The van der Waals surface area contributed by atoms with E-state index in [0.717, 1.165) is 0 Å². The molecule has 0 amide bonds. The van der Waals surface area contributed by atoms with Crippen LogP contribution in [0.2, 0.25) is 0 Å². The number of alkyl halides is 3. The Labute approximate surface area is 45.9 Å². The summed E-state index contributed by atoms with van der Waals surface area (Å²) in [6, 6.07) is 0. The summed E-state index contributed by atoms with van der Waals surface area (Å²) in [6.45, 7) is 0. The van der Waals surface area contributed by atoms with E-state index in [1.54, 1.807) is 0 Å². The van der Waals surface area contributed by atoms with Gasteiger partial charge in [0.05, 0.1) is 0 Å². The van der Waals surface area contributed by atoms with Gasteiger partial charge in [-0.15, -0.1) is 0 Å². The Hall–Kier alpha value is -0.00753. The van der Waals surface area contributed by atoms with Crippen LogP contribution in [0.3, 0.4) is 0 Å². The second kappa shape index (κ2) is 1.85. The van der Waals surface area contributed by atoms with Crippen molar-refractivity contribution in [3.05, 3.63) is 0 Å². The second-order valence-corrected chi connectivity index (χ2v) is 1.96.